The minimum Gasteiger partial charge on any atom is -0.493 e. The monoisotopic (exact) mass is 557 g/mol. The minimum absolute atomic E-state index is 0.137. The van der Waals surface area contributed by atoms with Crippen molar-refractivity contribution in [2.45, 2.75) is 64.2 Å². The Labute approximate surface area is 231 Å². The van der Waals surface area contributed by atoms with Gasteiger partial charge in [0.05, 0.1) is 24.5 Å². The molecule has 0 unspecified atom stereocenters. The number of ether oxygens (including phenoxy) is 1. The van der Waals surface area contributed by atoms with E-state index in [4.69, 9.17) is 9.84 Å². The third-order valence-corrected chi connectivity index (χ3v) is 8.08. The van der Waals surface area contributed by atoms with Crippen LogP contribution < -0.4 is 10.3 Å². The quantitative estimate of drug-likeness (QED) is 0.135. The average molecular weight is 558 g/mol. The van der Waals surface area contributed by atoms with Gasteiger partial charge in [0.2, 0.25) is 0 Å². The summed E-state index contributed by atoms with van der Waals surface area (Å²) in [5, 5.41) is 14.5. The lowest BCUT2D eigenvalue weighted by atomic mass is 9.95. The molecule has 1 aliphatic heterocycles. The Kier molecular flexibility index (Phi) is 9.63. The van der Waals surface area contributed by atoms with Gasteiger partial charge < -0.3 is 14.6 Å². The molecule has 3 heterocycles. The first kappa shape index (κ1) is 28.6. The van der Waals surface area contributed by atoms with Gasteiger partial charge in [-0.1, -0.05) is 20.3 Å². The maximum atomic E-state index is 13.2. The summed E-state index contributed by atoms with van der Waals surface area (Å²) in [6.07, 6.45) is 5.64. The van der Waals surface area contributed by atoms with Gasteiger partial charge in [-0.05, 0) is 80.7 Å². The van der Waals surface area contributed by atoms with Crippen LogP contribution in [0.3, 0.4) is 0 Å². The number of piperidine rings is 1. The summed E-state index contributed by atoms with van der Waals surface area (Å²) in [4.78, 5) is 43.8. The van der Waals surface area contributed by atoms with Crippen LogP contribution in [-0.2, 0) is 11.3 Å². The fourth-order valence-corrected chi connectivity index (χ4v) is 5.99. The highest BCUT2D eigenvalue weighted by molar-refractivity contribution is 7.97. The summed E-state index contributed by atoms with van der Waals surface area (Å²) in [5.74, 6) is 1.42. The van der Waals surface area contributed by atoms with E-state index in [1.54, 1.807) is 23.4 Å². The van der Waals surface area contributed by atoms with Crippen molar-refractivity contribution in [2.75, 3.05) is 26.3 Å². The standard InChI is InChI=1S/C27H35N5O6S/c1-4-6-23-22(17-33)18(3)25-27(34)28-26(29-31(23)25)21-16-20(7-8-24(21)37-14-5-2)39-30-12-9-19(10-13-30)11-15-38-32(35)36/h7-8,16-17,19H,4-6,9-15H2,1-3H3,(H,28,29,34). The highest BCUT2D eigenvalue weighted by atomic mass is 32.2. The molecule has 0 aliphatic carbocycles. The van der Waals surface area contributed by atoms with Gasteiger partial charge in [-0.3, -0.25) is 9.59 Å². The van der Waals surface area contributed by atoms with E-state index in [9.17, 15) is 19.7 Å². The van der Waals surface area contributed by atoms with Crippen molar-refractivity contribution in [3.63, 3.8) is 0 Å². The Balaban J connectivity index is 1.62. The zero-order chi connectivity index (χ0) is 27.9. The van der Waals surface area contributed by atoms with Gasteiger partial charge in [-0.25, -0.2) is 8.82 Å². The molecule has 11 nitrogen and oxygen atoms in total. The number of aromatic amines is 1. The molecule has 3 aromatic rings. The number of carbonyl (C=O) groups is 1. The summed E-state index contributed by atoms with van der Waals surface area (Å²) < 4.78 is 9.92. The lowest BCUT2D eigenvalue weighted by Gasteiger charge is -2.30. The maximum absolute atomic E-state index is 13.2. The van der Waals surface area contributed by atoms with Gasteiger partial charge in [0.25, 0.3) is 10.6 Å². The lowest BCUT2D eigenvalue weighted by Crippen LogP contribution is -2.29. The number of H-pyrrole nitrogens is 1. The van der Waals surface area contributed by atoms with Crippen molar-refractivity contribution >= 4 is 23.8 Å². The second-order valence-corrected chi connectivity index (χ2v) is 10.9. The maximum Gasteiger partial charge on any atom is 0.294 e. The van der Waals surface area contributed by atoms with E-state index >= 15 is 0 Å². The Morgan fingerprint density at radius 3 is 2.67 bits per heavy atom. The molecular formula is C27H35N5O6S. The molecule has 0 amide bonds. The zero-order valence-electron chi connectivity index (χ0n) is 22.6. The molecule has 0 atom stereocenters. The summed E-state index contributed by atoms with van der Waals surface area (Å²) in [5.41, 5.74) is 2.66. The first-order valence-electron chi connectivity index (χ1n) is 13.4. The van der Waals surface area contributed by atoms with Crippen molar-refractivity contribution in [3.8, 4) is 17.1 Å². The summed E-state index contributed by atoms with van der Waals surface area (Å²) in [6, 6.07) is 5.89. The molecule has 12 heteroatoms. The van der Waals surface area contributed by atoms with Crippen LogP contribution in [0, 0.1) is 23.0 Å². The molecule has 4 rings (SSSR count). The molecule has 0 saturated carbocycles. The van der Waals surface area contributed by atoms with Gasteiger partial charge in [0.15, 0.2) is 12.1 Å². The molecular weight excluding hydrogens is 522 g/mol. The molecule has 2 aromatic heterocycles. The molecule has 0 bridgehead atoms. The fourth-order valence-electron chi connectivity index (χ4n) is 5.00. The number of carbonyl (C=O) groups excluding carboxylic acids is 1. The number of benzene rings is 1. The third-order valence-electron chi connectivity index (χ3n) is 6.99. The molecule has 210 valence electrons. The number of nitrogens with zero attached hydrogens (tertiary/aromatic N) is 4. The lowest BCUT2D eigenvalue weighted by molar-refractivity contribution is -0.758. The summed E-state index contributed by atoms with van der Waals surface area (Å²) in [7, 11) is 0. The van der Waals surface area contributed by atoms with Crippen LogP contribution in [0.25, 0.3) is 16.9 Å². The van der Waals surface area contributed by atoms with Gasteiger partial charge in [-0.2, -0.15) is 0 Å². The number of rotatable bonds is 13. The van der Waals surface area contributed by atoms with Crippen LogP contribution in [0.1, 0.15) is 67.6 Å². The first-order valence-corrected chi connectivity index (χ1v) is 14.2. The number of fused-ring (bicyclic) bond motifs is 1. The zero-order valence-corrected chi connectivity index (χ0v) is 23.4. The van der Waals surface area contributed by atoms with E-state index in [1.165, 1.54) is 0 Å². The predicted molar refractivity (Wildman–Crippen MR) is 149 cm³/mol. The Morgan fingerprint density at radius 1 is 1.23 bits per heavy atom. The molecule has 0 spiro atoms. The highest BCUT2D eigenvalue weighted by Gasteiger charge is 2.23. The van der Waals surface area contributed by atoms with Crippen LogP contribution in [0.5, 0.6) is 5.75 Å². The van der Waals surface area contributed by atoms with Crippen LogP contribution in [-0.4, -0.2) is 56.6 Å². The second kappa shape index (κ2) is 13.1. The van der Waals surface area contributed by atoms with E-state index in [0.717, 1.165) is 55.6 Å². The van der Waals surface area contributed by atoms with E-state index in [0.29, 0.717) is 59.1 Å². The average Bonchev–Trinajstić information content (AvgIpc) is 3.19. The third kappa shape index (κ3) is 6.62. The van der Waals surface area contributed by atoms with Gasteiger partial charge in [0.1, 0.15) is 11.3 Å². The number of aldehydes is 1. The molecule has 39 heavy (non-hydrogen) atoms. The highest BCUT2D eigenvalue weighted by Crippen LogP contribution is 2.36. The van der Waals surface area contributed by atoms with E-state index in [1.807, 2.05) is 32.0 Å². The van der Waals surface area contributed by atoms with Crippen LogP contribution in [0.15, 0.2) is 27.9 Å². The van der Waals surface area contributed by atoms with Gasteiger partial charge >= 0.3 is 0 Å². The second-order valence-electron chi connectivity index (χ2n) is 9.73. The first-order chi connectivity index (χ1) is 18.9. The number of hydrogen-bond acceptors (Lipinski definition) is 9. The van der Waals surface area contributed by atoms with Crippen molar-refractivity contribution in [1.82, 2.24) is 18.9 Å². The Hall–Kier alpha value is -3.38. The SMILES string of the molecule is CCCOc1ccc(SN2CCC(CCO[N+](=O)[O-])CC2)cc1-c1nn2c(CCC)c(C=O)c(C)c2c(=O)[nH]1. The number of aromatic nitrogens is 3. The van der Waals surface area contributed by atoms with Crippen molar-refractivity contribution < 1.29 is 19.5 Å². The molecule has 1 saturated heterocycles. The van der Waals surface area contributed by atoms with Crippen LogP contribution in [0.4, 0.5) is 0 Å². The largest absolute Gasteiger partial charge is 0.493 e. The summed E-state index contributed by atoms with van der Waals surface area (Å²) >= 11 is 1.63. The predicted octanol–water partition coefficient (Wildman–Crippen LogP) is 4.87. The fraction of sp³-hybridized carbons (Fsp3) is 0.519. The van der Waals surface area contributed by atoms with Gasteiger partial charge in [0, 0.05) is 23.5 Å². The molecule has 1 fully saturated rings. The van der Waals surface area contributed by atoms with Crippen molar-refractivity contribution in [1.29, 1.82) is 0 Å². The molecule has 1 aliphatic rings. The van der Waals surface area contributed by atoms with E-state index < -0.39 is 5.09 Å². The smallest absolute Gasteiger partial charge is 0.294 e. The molecule has 0 radical (unpaired) electrons. The Morgan fingerprint density at radius 2 is 2.00 bits per heavy atom. The van der Waals surface area contributed by atoms with E-state index in [-0.39, 0.29) is 12.2 Å². The van der Waals surface area contributed by atoms with Crippen LogP contribution in [0.2, 0.25) is 0 Å². The van der Waals surface area contributed by atoms with E-state index in [2.05, 4.69) is 14.1 Å². The van der Waals surface area contributed by atoms with Gasteiger partial charge in [-0.15, -0.1) is 15.2 Å². The molecule has 1 aromatic carbocycles. The summed E-state index contributed by atoms with van der Waals surface area (Å²) in [6.45, 7) is 8.21. The van der Waals surface area contributed by atoms with Crippen molar-refractivity contribution in [3.05, 3.63) is 55.5 Å². The topological polar surface area (TPSA) is 132 Å². The normalized spacial score (nSPS) is 14.5. The van der Waals surface area contributed by atoms with Crippen molar-refractivity contribution in [2.24, 2.45) is 5.92 Å². The molecule has 1 N–H and O–H groups in total. The minimum atomic E-state index is -0.737. The number of hydrogen-bond donors (Lipinski definition) is 1. The number of nitrogens with one attached hydrogen (secondary N) is 1. The van der Waals surface area contributed by atoms with Crippen LogP contribution >= 0.6 is 11.9 Å². The Bertz CT molecular complexity index is 1380. The number of aryl methyl sites for hydroxylation is 2.